The number of rotatable bonds is 17. The molecule has 0 N–H and O–H groups in total. The van der Waals surface area contributed by atoms with Crippen LogP contribution in [0.1, 0.15) is 99.3 Å². The SMILES string of the molecule is CCCC/C(C)=C(\C=C/C(=O)OCC)[CH2][Sn]([CH2]CCC)([CH2]CCC)[CH2]CCC. The molecule has 0 aromatic heterocycles. The van der Waals surface area contributed by atoms with Crippen molar-refractivity contribution in [1.29, 1.82) is 0 Å². The van der Waals surface area contributed by atoms with E-state index in [-0.39, 0.29) is 5.97 Å². The molecule has 0 unspecified atom stereocenters. The van der Waals surface area contributed by atoms with Crippen LogP contribution in [-0.4, -0.2) is 31.0 Å². The molecule has 0 fully saturated rings. The molecule has 0 saturated carbocycles. The summed E-state index contributed by atoms with van der Waals surface area (Å²) in [5.41, 5.74) is 2.98. The number of hydrogen-bond donors (Lipinski definition) is 0. The number of unbranched alkanes of at least 4 members (excludes halogenated alkanes) is 4. The van der Waals surface area contributed by atoms with Gasteiger partial charge in [-0.3, -0.25) is 0 Å². The van der Waals surface area contributed by atoms with Crippen molar-refractivity contribution in [3.8, 4) is 0 Å². The second kappa shape index (κ2) is 17.6. The third kappa shape index (κ3) is 12.3. The van der Waals surface area contributed by atoms with Gasteiger partial charge < -0.3 is 0 Å². The van der Waals surface area contributed by atoms with Crippen LogP contribution in [-0.2, 0) is 9.53 Å². The summed E-state index contributed by atoms with van der Waals surface area (Å²) < 4.78 is 11.0. The Balaban J connectivity index is 5.74. The van der Waals surface area contributed by atoms with Gasteiger partial charge in [0.1, 0.15) is 0 Å². The van der Waals surface area contributed by atoms with Crippen LogP contribution in [0.25, 0.3) is 0 Å². The maximum absolute atomic E-state index is 12.0. The van der Waals surface area contributed by atoms with E-state index < -0.39 is 18.4 Å². The van der Waals surface area contributed by atoms with Crippen molar-refractivity contribution in [2.24, 2.45) is 0 Å². The zero-order valence-electron chi connectivity index (χ0n) is 19.9. The fourth-order valence-corrected chi connectivity index (χ4v) is 20.6. The summed E-state index contributed by atoms with van der Waals surface area (Å²) in [6.45, 7) is 13.9. The van der Waals surface area contributed by atoms with Gasteiger partial charge in [-0.1, -0.05) is 0 Å². The van der Waals surface area contributed by atoms with E-state index in [4.69, 9.17) is 4.74 Å². The molecule has 28 heavy (non-hydrogen) atoms. The van der Waals surface area contributed by atoms with Gasteiger partial charge >= 0.3 is 181 Å². The summed E-state index contributed by atoms with van der Waals surface area (Å²) in [5.74, 6) is -0.195. The van der Waals surface area contributed by atoms with Gasteiger partial charge in [-0.15, -0.1) is 0 Å². The Hall–Kier alpha value is -0.251. The van der Waals surface area contributed by atoms with Crippen LogP contribution < -0.4 is 0 Å². The molecule has 0 heterocycles. The fourth-order valence-electron chi connectivity index (χ4n) is 4.01. The summed E-state index contributed by atoms with van der Waals surface area (Å²) in [6.07, 6.45) is 15.5. The van der Waals surface area contributed by atoms with Crippen molar-refractivity contribution in [3.63, 3.8) is 0 Å². The first-order valence-electron chi connectivity index (χ1n) is 12.0. The average Bonchev–Trinajstić information content (AvgIpc) is 2.70. The summed E-state index contributed by atoms with van der Waals surface area (Å²) in [4.78, 5) is 12.0. The molecule has 2 nitrogen and oxygen atoms in total. The molecule has 0 aliphatic rings. The quantitative estimate of drug-likeness (QED) is 0.0869. The van der Waals surface area contributed by atoms with Gasteiger partial charge in [0.2, 0.25) is 0 Å². The molecule has 0 aliphatic carbocycles. The number of carbonyl (C=O) groups is 1. The van der Waals surface area contributed by atoms with E-state index in [9.17, 15) is 4.79 Å². The van der Waals surface area contributed by atoms with Crippen molar-refractivity contribution < 1.29 is 9.53 Å². The third-order valence-electron chi connectivity index (χ3n) is 5.91. The molecule has 0 aromatic rings. The van der Waals surface area contributed by atoms with Crippen LogP contribution in [0.15, 0.2) is 23.3 Å². The molecule has 0 aromatic carbocycles. The molecule has 0 rings (SSSR count). The average molecular weight is 499 g/mol. The van der Waals surface area contributed by atoms with E-state index in [0.29, 0.717) is 6.61 Å². The van der Waals surface area contributed by atoms with Gasteiger partial charge in [0.15, 0.2) is 0 Å². The van der Waals surface area contributed by atoms with E-state index in [2.05, 4.69) is 40.7 Å². The van der Waals surface area contributed by atoms with E-state index in [1.54, 1.807) is 6.08 Å². The second-order valence-electron chi connectivity index (χ2n) is 8.48. The number of carbonyl (C=O) groups excluding carboxylic acids is 1. The predicted octanol–water partition coefficient (Wildman–Crippen LogP) is 8.46. The number of allylic oxidation sites excluding steroid dienone is 3. The molecule has 0 radical (unpaired) electrons. The molecule has 3 heteroatoms. The molecule has 0 bridgehead atoms. The van der Waals surface area contributed by atoms with Gasteiger partial charge in [0.05, 0.1) is 0 Å². The summed E-state index contributed by atoms with van der Waals surface area (Å²) >= 11 is -2.27. The summed E-state index contributed by atoms with van der Waals surface area (Å²) in [6, 6.07) is 0. The fraction of sp³-hybridized carbons (Fsp3) is 0.800. The topological polar surface area (TPSA) is 26.3 Å². The Morgan fingerprint density at radius 2 is 1.29 bits per heavy atom. The van der Waals surface area contributed by atoms with Crippen LogP contribution >= 0.6 is 0 Å². The Bertz CT molecular complexity index is 443. The molecule has 0 aliphatic heterocycles. The molecule has 0 amide bonds. The zero-order valence-corrected chi connectivity index (χ0v) is 22.7. The van der Waals surface area contributed by atoms with Gasteiger partial charge in [-0.05, 0) is 0 Å². The van der Waals surface area contributed by atoms with Crippen LogP contribution in [0.4, 0.5) is 0 Å². The van der Waals surface area contributed by atoms with E-state index in [0.717, 1.165) is 6.42 Å². The van der Waals surface area contributed by atoms with Gasteiger partial charge in [0, 0.05) is 0 Å². The Kier molecular flexibility index (Phi) is 17.4. The summed E-state index contributed by atoms with van der Waals surface area (Å²) in [7, 11) is 0. The van der Waals surface area contributed by atoms with Crippen molar-refractivity contribution in [1.82, 2.24) is 0 Å². The monoisotopic (exact) mass is 500 g/mol. The number of ether oxygens (including phenoxy) is 1. The number of hydrogen-bond acceptors (Lipinski definition) is 2. The van der Waals surface area contributed by atoms with Crippen molar-refractivity contribution in [3.05, 3.63) is 23.3 Å². The normalized spacial score (nSPS) is 13.1. The van der Waals surface area contributed by atoms with E-state index in [1.165, 1.54) is 80.3 Å². The molecule has 0 atom stereocenters. The first kappa shape index (κ1) is 27.7. The van der Waals surface area contributed by atoms with Crippen LogP contribution in [0.5, 0.6) is 0 Å². The molecule has 0 saturated heterocycles. The van der Waals surface area contributed by atoms with Crippen molar-refractivity contribution in [2.45, 2.75) is 117 Å². The second-order valence-corrected chi connectivity index (χ2v) is 22.3. The number of esters is 1. The van der Waals surface area contributed by atoms with Crippen LogP contribution in [0.2, 0.25) is 17.7 Å². The van der Waals surface area contributed by atoms with Crippen LogP contribution in [0, 0.1) is 0 Å². The molecular weight excluding hydrogens is 451 g/mol. The van der Waals surface area contributed by atoms with Gasteiger partial charge in [-0.25, -0.2) is 0 Å². The van der Waals surface area contributed by atoms with E-state index in [1.807, 2.05) is 6.92 Å². The van der Waals surface area contributed by atoms with Gasteiger partial charge in [0.25, 0.3) is 0 Å². The Morgan fingerprint density at radius 3 is 1.71 bits per heavy atom. The first-order valence-corrected chi connectivity index (χ1v) is 20.1. The standard InChI is InChI=1S/C13H21O2.3C4H9.Sn/c1-5-7-8-11(3)12(4)9-10-13(14)15-6-2;3*1-3-4-2;/h9-10H,4-8H2,1-3H3;3*1,3-4H2,2H3;/b10-9-,12-11-;;;;. The molecule has 164 valence electrons. The first-order chi connectivity index (χ1) is 13.5. The van der Waals surface area contributed by atoms with Crippen molar-refractivity contribution in [2.75, 3.05) is 6.61 Å². The molecule has 0 spiro atoms. The van der Waals surface area contributed by atoms with E-state index >= 15 is 0 Å². The zero-order chi connectivity index (χ0) is 21.3. The third-order valence-corrected chi connectivity index (χ3v) is 21.2. The predicted molar refractivity (Wildman–Crippen MR) is 128 cm³/mol. The van der Waals surface area contributed by atoms with Crippen LogP contribution in [0.3, 0.4) is 0 Å². The molecular formula is C25H48O2Sn. The summed E-state index contributed by atoms with van der Waals surface area (Å²) in [5, 5.41) is 0. The Morgan fingerprint density at radius 1 is 0.786 bits per heavy atom. The maximum atomic E-state index is 12.0. The Labute approximate surface area is 180 Å². The minimum atomic E-state index is -2.27. The van der Waals surface area contributed by atoms with Gasteiger partial charge in [-0.2, -0.15) is 0 Å². The minimum absolute atomic E-state index is 0.195. The van der Waals surface area contributed by atoms with Crippen molar-refractivity contribution >= 4 is 24.3 Å².